The van der Waals surface area contributed by atoms with Crippen LogP contribution in [0.3, 0.4) is 0 Å². The minimum Gasteiger partial charge on any atom is -0.288 e. The molecule has 1 aromatic rings. The number of hydrogen-bond acceptors (Lipinski definition) is 2. The zero-order chi connectivity index (χ0) is 7.40. The first-order valence-electron chi connectivity index (χ1n) is 3.27. The van der Waals surface area contributed by atoms with Gasteiger partial charge in [0, 0.05) is 12.6 Å². The lowest BCUT2D eigenvalue weighted by Gasteiger charge is -2.12. The Kier molecular flexibility index (Phi) is 2.29. The van der Waals surface area contributed by atoms with Gasteiger partial charge in [0.15, 0.2) is 0 Å². The molecule has 0 unspecified atom stereocenters. The van der Waals surface area contributed by atoms with E-state index in [-0.39, 0.29) is 0 Å². The third-order valence-corrected chi connectivity index (χ3v) is 1.27. The molecule has 2 nitrogen and oxygen atoms in total. The van der Waals surface area contributed by atoms with E-state index >= 15 is 0 Å². The van der Waals surface area contributed by atoms with E-state index in [2.05, 4.69) is 6.07 Å². The second-order valence-electron chi connectivity index (χ2n) is 1.96. The highest BCUT2D eigenvalue weighted by Gasteiger charge is 1.95. The minimum atomic E-state index is 0.584. The number of hydrogen-bond donors (Lipinski definition) is 1. The number of rotatable bonds is 2. The van der Waals surface area contributed by atoms with Crippen LogP contribution < -0.4 is 5.06 Å². The first-order valence-corrected chi connectivity index (χ1v) is 3.27. The Balaban J connectivity index is 2.75. The number of anilines is 1. The molecule has 0 saturated carbocycles. The van der Waals surface area contributed by atoms with Gasteiger partial charge in [0.25, 0.3) is 0 Å². The van der Waals surface area contributed by atoms with E-state index in [1.807, 2.05) is 25.1 Å². The quantitative estimate of drug-likeness (QED) is 0.625. The number of hydroxylamine groups is 1. The van der Waals surface area contributed by atoms with E-state index in [1.54, 1.807) is 6.07 Å². The summed E-state index contributed by atoms with van der Waals surface area (Å²) in [6, 6.07) is 10.2. The highest BCUT2D eigenvalue weighted by Crippen LogP contribution is 2.08. The molecule has 0 amide bonds. The Labute approximate surface area is 60.7 Å². The molecule has 1 N–H and O–H groups in total. The predicted octanol–water partition coefficient (Wildman–Crippen LogP) is 1.70. The Bertz CT molecular complexity index is 186. The molecule has 10 heavy (non-hydrogen) atoms. The van der Waals surface area contributed by atoms with E-state index in [0.29, 0.717) is 12.2 Å². The Morgan fingerprint density at radius 3 is 2.90 bits per heavy atom. The molecule has 2 heteroatoms. The van der Waals surface area contributed by atoms with Gasteiger partial charge in [-0.15, -0.1) is 0 Å². The van der Waals surface area contributed by atoms with Crippen molar-refractivity contribution < 1.29 is 5.21 Å². The predicted molar refractivity (Wildman–Crippen MR) is 40.1 cm³/mol. The van der Waals surface area contributed by atoms with Crippen molar-refractivity contribution in [3.05, 3.63) is 30.3 Å². The van der Waals surface area contributed by atoms with E-state index < -0.39 is 0 Å². The molecule has 0 aliphatic rings. The summed E-state index contributed by atoms with van der Waals surface area (Å²) < 4.78 is 0. The lowest BCUT2D eigenvalue weighted by atomic mass is 10.3. The van der Waals surface area contributed by atoms with Crippen LogP contribution in [0.5, 0.6) is 0 Å². The molecule has 0 fully saturated rings. The van der Waals surface area contributed by atoms with Crippen molar-refractivity contribution in [3.63, 3.8) is 0 Å². The fourth-order valence-corrected chi connectivity index (χ4v) is 0.715. The molecule has 1 rings (SSSR count). The average Bonchev–Trinajstić information content (AvgIpc) is 2.05. The van der Waals surface area contributed by atoms with Crippen molar-refractivity contribution in [2.45, 2.75) is 6.92 Å². The van der Waals surface area contributed by atoms with Crippen molar-refractivity contribution >= 4 is 5.69 Å². The molecule has 0 heterocycles. The summed E-state index contributed by atoms with van der Waals surface area (Å²) in [7, 11) is 0. The number of para-hydroxylation sites is 1. The summed E-state index contributed by atoms with van der Waals surface area (Å²) >= 11 is 0. The molecule has 1 radical (unpaired) electrons. The second-order valence-corrected chi connectivity index (χ2v) is 1.96. The maximum absolute atomic E-state index is 9.13. The first kappa shape index (κ1) is 7.09. The molecule has 0 spiro atoms. The van der Waals surface area contributed by atoms with Crippen LogP contribution in [0.1, 0.15) is 6.92 Å². The van der Waals surface area contributed by atoms with Crippen molar-refractivity contribution in [1.82, 2.24) is 0 Å². The fraction of sp³-hybridized carbons (Fsp3) is 0.250. The fourth-order valence-electron chi connectivity index (χ4n) is 0.715. The van der Waals surface area contributed by atoms with Crippen LogP contribution in [0.15, 0.2) is 24.3 Å². The Hall–Kier alpha value is -1.02. The largest absolute Gasteiger partial charge is 0.288 e. The van der Waals surface area contributed by atoms with Crippen molar-refractivity contribution in [2.75, 3.05) is 11.6 Å². The molecule has 0 aromatic heterocycles. The molecule has 0 bridgehead atoms. The highest BCUT2D eigenvalue weighted by molar-refractivity contribution is 5.41. The first-order chi connectivity index (χ1) is 4.84. The lowest BCUT2D eigenvalue weighted by Crippen LogP contribution is -2.16. The van der Waals surface area contributed by atoms with Gasteiger partial charge in [-0.25, -0.2) is 0 Å². The normalized spacial score (nSPS) is 9.40. The van der Waals surface area contributed by atoms with Gasteiger partial charge < -0.3 is 0 Å². The maximum Gasteiger partial charge on any atom is 0.0713 e. The molecular weight excluding hydrogens is 126 g/mol. The van der Waals surface area contributed by atoms with Crippen LogP contribution in [0, 0.1) is 6.07 Å². The van der Waals surface area contributed by atoms with E-state index in [0.717, 1.165) is 5.06 Å². The Morgan fingerprint density at radius 1 is 1.60 bits per heavy atom. The van der Waals surface area contributed by atoms with Gasteiger partial charge in [-0.2, -0.15) is 0 Å². The molecule has 0 saturated heterocycles. The molecular formula is C8H10NO. The van der Waals surface area contributed by atoms with Crippen LogP contribution in [0.2, 0.25) is 0 Å². The summed E-state index contributed by atoms with van der Waals surface area (Å²) in [6.07, 6.45) is 0. The lowest BCUT2D eigenvalue weighted by molar-refractivity contribution is 0.260. The second kappa shape index (κ2) is 3.22. The molecule has 0 aliphatic carbocycles. The van der Waals surface area contributed by atoms with Crippen LogP contribution >= 0.6 is 0 Å². The standard InChI is InChI=1S/C8H10NO/c1-2-9(10)8-6-4-3-5-7-8/h3-6,10H,2H2,1H3. The van der Waals surface area contributed by atoms with Gasteiger partial charge >= 0.3 is 0 Å². The third-order valence-electron chi connectivity index (χ3n) is 1.27. The average molecular weight is 136 g/mol. The van der Waals surface area contributed by atoms with Crippen molar-refractivity contribution in [3.8, 4) is 0 Å². The number of nitrogens with zero attached hydrogens (tertiary/aromatic N) is 1. The maximum atomic E-state index is 9.13. The molecule has 53 valence electrons. The van der Waals surface area contributed by atoms with Crippen LogP contribution in [-0.2, 0) is 0 Å². The topological polar surface area (TPSA) is 23.5 Å². The van der Waals surface area contributed by atoms with Crippen LogP contribution in [-0.4, -0.2) is 11.8 Å². The van der Waals surface area contributed by atoms with E-state index in [1.165, 1.54) is 0 Å². The zero-order valence-electron chi connectivity index (χ0n) is 5.91. The minimum absolute atomic E-state index is 0.584. The van der Waals surface area contributed by atoms with Gasteiger partial charge in [-0.1, -0.05) is 18.2 Å². The van der Waals surface area contributed by atoms with Gasteiger partial charge in [0.2, 0.25) is 0 Å². The van der Waals surface area contributed by atoms with Gasteiger partial charge in [-0.05, 0) is 13.0 Å². The smallest absolute Gasteiger partial charge is 0.0713 e. The number of benzene rings is 1. The van der Waals surface area contributed by atoms with Crippen LogP contribution in [0.4, 0.5) is 5.69 Å². The SMILES string of the molecule is CCN(O)c1[c]cccc1. The summed E-state index contributed by atoms with van der Waals surface area (Å²) in [4.78, 5) is 0. The van der Waals surface area contributed by atoms with E-state index in [9.17, 15) is 0 Å². The molecule has 0 aliphatic heterocycles. The molecule has 1 aromatic carbocycles. The van der Waals surface area contributed by atoms with Crippen molar-refractivity contribution in [2.24, 2.45) is 0 Å². The summed E-state index contributed by atoms with van der Waals surface area (Å²) in [5.74, 6) is 0. The zero-order valence-corrected chi connectivity index (χ0v) is 5.91. The van der Waals surface area contributed by atoms with Gasteiger partial charge in [-0.3, -0.25) is 10.3 Å². The van der Waals surface area contributed by atoms with Gasteiger partial charge in [0.1, 0.15) is 0 Å². The summed E-state index contributed by atoms with van der Waals surface area (Å²) in [5.41, 5.74) is 0.713. The van der Waals surface area contributed by atoms with Crippen molar-refractivity contribution in [1.29, 1.82) is 0 Å². The summed E-state index contributed by atoms with van der Waals surface area (Å²) in [6.45, 7) is 2.46. The van der Waals surface area contributed by atoms with Gasteiger partial charge in [0.05, 0.1) is 5.69 Å². The molecule has 0 atom stereocenters. The third kappa shape index (κ3) is 1.48. The Morgan fingerprint density at radius 2 is 2.40 bits per heavy atom. The van der Waals surface area contributed by atoms with E-state index in [4.69, 9.17) is 5.21 Å². The van der Waals surface area contributed by atoms with Crippen LogP contribution in [0.25, 0.3) is 0 Å². The monoisotopic (exact) mass is 136 g/mol. The highest BCUT2D eigenvalue weighted by atomic mass is 16.5. The summed E-state index contributed by atoms with van der Waals surface area (Å²) in [5, 5.41) is 10.3.